The van der Waals surface area contributed by atoms with Gasteiger partial charge in [0.25, 0.3) is 0 Å². The van der Waals surface area contributed by atoms with Gasteiger partial charge in [-0.15, -0.1) is 0 Å². The van der Waals surface area contributed by atoms with Gasteiger partial charge in [-0.2, -0.15) is 0 Å². The van der Waals surface area contributed by atoms with Crippen molar-refractivity contribution in [2.45, 2.75) is 12.8 Å². The maximum atomic E-state index is 2.37. The molecule has 1 heterocycles. The van der Waals surface area contributed by atoms with Crippen LogP contribution in [0.1, 0.15) is 18.4 Å². The summed E-state index contributed by atoms with van der Waals surface area (Å²) in [6, 6.07) is 63.8. The van der Waals surface area contributed by atoms with E-state index in [1.54, 1.807) is 0 Å². The third kappa shape index (κ3) is 5.75. The Hall–Kier alpha value is -6.38. The summed E-state index contributed by atoms with van der Waals surface area (Å²) < 4.78 is 2.37. The fraction of sp³-hybridized carbons (Fsp3) is 0.0612. The van der Waals surface area contributed by atoms with Gasteiger partial charge in [-0.25, -0.2) is 0 Å². The van der Waals surface area contributed by atoms with E-state index in [1.807, 2.05) is 0 Å². The number of rotatable bonds is 7. The van der Waals surface area contributed by atoms with Gasteiger partial charge in [0.2, 0.25) is 0 Å². The minimum absolute atomic E-state index is 0.392. The van der Waals surface area contributed by atoms with Crippen LogP contribution in [-0.4, -0.2) is 4.57 Å². The maximum absolute atomic E-state index is 2.37. The van der Waals surface area contributed by atoms with Crippen molar-refractivity contribution in [3.8, 4) is 27.9 Å². The highest BCUT2D eigenvalue weighted by Gasteiger charge is 2.18. The predicted molar refractivity (Wildman–Crippen MR) is 217 cm³/mol. The smallest absolute Gasteiger partial charge is 0.0541 e. The number of anilines is 3. The molecule has 0 bridgehead atoms. The lowest BCUT2D eigenvalue weighted by Crippen LogP contribution is -2.11. The molecule has 0 N–H and O–H groups in total. The molecule has 9 rings (SSSR count). The largest absolute Gasteiger partial charge is 0.311 e. The van der Waals surface area contributed by atoms with Gasteiger partial charge in [-0.3, -0.25) is 0 Å². The van der Waals surface area contributed by atoms with E-state index in [2.05, 4.69) is 217 Å². The molecule has 1 aliphatic rings. The number of hydrogen-bond donors (Lipinski definition) is 0. The van der Waals surface area contributed by atoms with Gasteiger partial charge < -0.3 is 9.47 Å². The molecule has 0 radical (unpaired) electrons. The summed E-state index contributed by atoms with van der Waals surface area (Å²) >= 11 is 0. The molecule has 2 atom stereocenters. The molecular formula is C49H38N2. The van der Waals surface area contributed by atoms with Gasteiger partial charge in [0.1, 0.15) is 0 Å². The molecule has 0 fully saturated rings. The number of allylic oxidation sites excluding steroid dienone is 4. The normalized spacial score (nSPS) is 15.4. The molecule has 1 aliphatic carbocycles. The Kier molecular flexibility index (Phi) is 7.91. The molecule has 2 heteroatoms. The second-order valence-corrected chi connectivity index (χ2v) is 13.5. The fourth-order valence-electron chi connectivity index (χ4n) is 7.67. The highest BCUT2D eigenvalue weighted by Crippen LogP contribution is 2.39. The minimum atomic E-state index is 0.392. The number of benzene rings is 7. The molecule has 2 unspecified atom stereocenters. The van der Waals surface area contributed by atoms with E-state index in [1.165, 1.54) is 49.6 Å². The molecule has 7 aromatic carbocycles. The van der Waals surface area contributed by atoms with Gasteiger partial charge in [0.05, 0.1) is 11.0 Å². The van der Waals surface area contributed by atoms with E-state index in [0.717, 1.165) is 22.7 Å². The molecule has 0 aliphatic heterocycles. The van der Waals surface area contributed by atoms with E-state index in [9.17, 15) is 0 Å². The Balaban J connectivity index is 1.05. The van der Waals surface area contributed by atoms with Crippen molar-refractivity contribution < 1.29 is 0 Å². The van der Waals surface area contributed by atoms with E-state index >= 15 is 0 Å². The second kappa shape index (κ2) is 13.2. The lowest BCUT2D eigenvalue weighted by Gasteiger charge is -2.27. The summed E-state index contributed by atoms with van der Waals surface area (Å²) in [4.78, 5) is 2.35. The molecule has 0 saturated carbocycles. The highest BCUT2D eigenvalue weighted by molar-refractivity contribution is 6.09. The first-order valence-electron chi connectivity index (χ1n) is 17.8. The van der Waals surface area contributed by atoms with Crippen molar-refractivity contribution in [1.29, 1.82) is 0 Å². The monoisotopic (exact) mass is 654 g/mol. The first kappa shape index (κ1) is 30.7. The SMILES string of the molecule is CC1C=CC=CC1c1ccc(N(c2ccc(-c3ccccc3)cc2)c2ccc(-c3ccc(-n4c5ccccc5c5ccccc54)cc3)cc2)cc1. The molecular weight excluding hydrogens is 617 g/mol. The third-order valence-corrected chi connectivity index (χ3v) is 10.3. The van der Waals surface area contributed by atoms with Crippen molar-refractivity contribution in [3.63, 3.8) is 0 Å². The van der Waals surface area contributed by atoms with Gasteiger partial charge in [0, 0.05) is 39.4 Å². The molecule has 2 nitrogen and oxygen atoms in total. The second-order valence-electron chi connectivity index (χ2n) is 13.5. The Morgan fingerprint density at radius 3 is 1.37 bits per heavy atom. The standard InChI is InChI=1S/C49H38N2/c1-35-11-5-6-14-45(35)40-25-33-43(34-26-40)50(41-27-19-37(20-28-41)36-12-3-2-4-13-36)42-29-21-38(22-30-42)39-23-31-44(32-24-39)51-48-17-9-7-15-46(48)47-16-8-10-18-49(47)51/h2-35,45H,1H3. The van der Waals surface area contributed by atoms with Crippen LogP contribution in [0.5, 0.6) is 0 Å². The average Bonchev–Trinajstić information content (AvgIpc) is 3.54. The van der Waals surface area contributed by atoms with Crippen LogP contribution in [0.25, 0.3) is 49.7 Å². The summed E-state index contributed by atoms with van der Waals surface area (Å²) in [5, 5.41) is 2.55. The summed E-state index contributed by atoms with van der Waals surface area (Å²) in [6.07, 6.45) is 8.92. The molecule has 244 valence electrons. The van der Waals surface area contributed by atoms with Crippen molar-refractivity contribution in [3.05, 3.63) is 206 Å². The minimum Gasteiger partial charge on any atom is -0.311 e. The van der Waals surface area contributed by atoms with E-state index in [-0.39, 0.29) is 0 Å². The van der Waals surface area contributed by atoms with Crippen LogP contribution in [0.3, 0.4) is 0 Å². The Labute approximate surface area is 299 Å². The molecule has 1 aromatic heterocycles. The van der Waals surface area contributed by atoms with Crippen LogP contribution >= 0.6 is 0 Å². The Morgan fingerprint density at radius 2 is 0.843 bits per heavy atom. The van der Waals surface area contributed by atoms with Crippen molar-refractivity contribution in [2.24, 2.45) is 5.92 Å². The summed E-state index contributed by atoms with van der Waals surface area (Å²) in [5.74, 6) is 0.870. The summed E-state index contributed by atoms with van der Waals surface area (Å²) in [5.41, 5.74) is 13.1. The van der Waals surface area contributed by atoms with Crippen LogP contribution in [0, 0.1) is 5.92 Å². The Morgan fingerprint density at radius 1 is 0.412 bits per heavy atom. The van der Waals surface area contributed by atoms with Crippen molar-refractivity contribution in [1.82, 2.24) is 4.57 Å². The number of para-hydroxylation sites is 2. The Bertz CT molecular complexity index is 2450. The predicted octanol–water partition coefficient (Wildman–Crippen LogP) is 13.4. The number of nitrogens with zero attached hydrogens (tertiary/aromatic N) is 2. The zero-order valence-corrected chi connectivity index (χ0v) is 28.6. The van der Waals surface area contributed by atoms with Crippen LogP contribution in [0.15, 0.2) is 200 Å². The van der Waals surface area contributed by atoms with Crippen molar-refractivity contribution >= 4 is 38.9 Å². The van der Waals surface area contributed by atoms with Crippen LogP contribution in [0.2, 0.25) is 0 Å². The van der Waals surface area contributed by atoms with E-state index in [0.29, 0.717) is 11.8 Å². The van der Waals surface area contributed by atoms with Crippen LogP contribution in [0.4, 0.5) is 17.1 Å². The van der Waals surface area contributed by atoms with Gasteiger partial charge >= 0.3 is 0 Å². The van der Waals surface area contributed by atoms with Crippen LogP contribution < -0.4 is 4.90 Å². The zero-order valence-electron chi connectivity index (χ0n) is 28.6. The lowest BCUT2D eigenvalue weighted by atomic mass is 9.84. The third-order valence-electron chi connectivity index (χ3n) is 10.3. The summed E-state index contributed by atoms with van der Waals surface area (Å²) in [6.45, 7) is 2.29. The molecule has 0 saturated heterocycles. The lowest BCUT2D eigenvalue weighted by molar-refractivity contribution is 0.635. The number of fused-ring (bicyclic) bond motifs is 3. The molecule has 0 spiro atoms. The van der Waals surface area contributed by atoms with E-state index in [4.69, 9.17) is 0 Å². The zero-order chi connectivity index (χ0) is 34.1. The number of aromatic nitrogens is 1. The molecule has 51 heavy (non-hydrogen) atoms. The maximum Gasteiger partial charge on any atom is 0.0541 e. The van der Waals surface area contributed by atoms with Crippen LogP contribution in [-0.2, 0) is 0 Å². The average molecular weight is 655 g/mol. The summed E-state index contributed by atoms with van der Waals surface area (Å²) in [7, 11) is 0. The molecule has 0 amide bonds. The molecule has 8 aromatic rings. The topological polar surface area (TPSA) is 8.17 Å². The number of hydrogen-bond acceptors (Lipinski definition) is 1. The first-order chi connectivity index (χ1) is 25.2. The van der Waals surface area contributed by atoms with Crippen molar-refractivity contribution in [2.75, 3.05) is 4.90 Å². The first-order valence-corrected chi connectivity index (χ1v) is 17.8. The fourth-order valence-corrected chi connectivity index (χ4v) is 7.67. The van der Waals surface area contributed by atoms with Gasteiger partial charge in [-0.1, -0.05) is 146 Å². The van der Waals surface area contributed by atoms with Gasteiger partial charge in [0.15, 0.2) is 0 Å². The van der Waals surface area contributed by atoms with Gasteiger partial charge in [-0.05, 0) is 94.4 Å². The van der Waals surface area contributed by atoms with E-state index < -0.39 is 0 Å². The highest BCUT2D eigenvalue weighted by atomic mass is 15.1. The quantitative estimate of drug-likeness (QED) is 0.166.